The highest BCUT2D eigenvalue weighted by molar-refractivity contribution is 5.42. The van der Waals surface area contributed by atoms with Crippen LogP contribution in [0.15, 0.2) is 18.2 Å². The summed E-state index contributed by atoms with van der Waals surface area (Å²) < 4.78 is 4.92. The third-order valence-electron chi connectivity index (χ3n) is 1.71. The number of aliphatic hydroxyl groups excluding tert-OH is 1. The third kappa shape index (κ3) is 3.20. The highest BCUT2D eigenvalue weighted by Crippen LogP contribution is 2.07. The first-order valence-electron chi connectivity index (χ1n) is 4.35. The molecule has 0 saturated heterocycles. The molecule has 1 rings (SSSR count). The molecular weight excluding hydrogens is 182 g/mol. The lowest BCUT2D eigenvalue weighted by molar-refractivity contribution is 0.153. The maximum atomic E-state index is 8.99. The summed E-state index contributed by atoms with van der Waals surface area (Å²) in [6.45, 7) is 0.414. The van der Waals surface area contributed by atoms with Gasteiger partial charge in [-0.15, -0.1) is 0 Å². The van der Waals surface area contributed by atoms with Gasteiger partial charge in [-0.3, -0.25) is 0 Å². The van der Waals surface area contributed by atoms with Gasteiger partial charge in [0, 0.05) is 7.11 Å². The van der Waals surface area contributed by atoms with E-state index in [1.54, 1.807) is 25.3 Å². The molecule has 0 aliphatic rings. The highest BCUT2D eigenvalue weighted by Gasteiger charge is 2.06. The first-order valence-corrected chi connectivity index (χ1v) is 4.35. The van der Waals surface area contributed by atoms with Gasteiger partial charge in [0.15, 0.2) is 0 Å². The fraction of sp³-hybridized carbons (Fsp3) is 0.444. The van der Waals surface area contributed by atoms with Gasteiger partial charge >= 0.3 is 0 Å². The highest BCUT2D eigenvalue weighted by atomic mass is 16.5. The van der Waals surface area contributed by atoms with E-state index in [0.717, 1.165) is 0 Å². The van der Waals surface area contributed by atoms with E-state index in [9.17, 15) is 0 Å². The number of nitrogens with two attached hydrogens (primary N) is 1. The van der Waals surface area contributed by atoms with Crippen LogP contribution in [0.25, 0.3) is 0 Å². The Kier molecular flexibility index (Phi) is 4.15. The van der Waals surface area contributed by atoms with Crippen LogP contribution in [0.2, 0.25) is 0 Å². The van der Waals surface area contributed by atoms with Crippen LogP contribution in [-0.2, 0) is 4.74 Å². The Morgan fingerprint density at radius 1 is 1.64 bits per heavy atom. The zero-order chi connectivity index (χ0) is 10.4. The molecule has 4 N–H and O–H groups in total. The van der Waals surface area contributed by atoms with E-state index in [4.69, 9.17) is 15.6 Å². The van der Waals surface area contributed by atoms with E-state index in [-0.39, 0.29) is 12.6 Å². The lowest BCUT2D eigenvalue weighted by Crippen LogP contribution is -2.29. The van der Waals surface area contributed by atoms with Crippen molar-refractivity contribution in [3.05, 3.63) is 18.2 Å². The Hall–Kier alpha value is -1.33. The molecule has 0 aliphatic carbocycles. The molecular formula is C9H15N3O2. The molecule has 0 saturated carbocycles. The van der Waals surface area contributed by atoms with Gasteiger partial charge in [-0.05, 0) is 12.1 Å². The average molecular weight is 197 g/mol. The summed E-state index contributed by atoms with van der Waals surface area (Å²) in [5.41, 5.74) is 5.50. The minimum atomic E-state index is -0.158. The Bertz CT molecular complexity index is 281. The van der Waals surface area contributed by atoms with Gasteiger partial charge in [-0.25, -0.2) is 4.98 Å². The summed E-state index contributed by atoms with van der Waals surface area (Å²) in [5, 5.41) is 12.0. The van der Waals surface area contributed by atoms with Gasteiger partial charge in [0.2, 0.25) is 0 Å². The lowest BCUT2D eigenvalue weighted by atomic mass is 10.3. The number of anilines is 2. The van der Waals surface area contributed by atoms with Crippen LogP contribution >= 0.6 is 0 Å². The van der Waals surface area contributed by atoms with Crippen LogP contribution in [-0.4, -0.2) is 36.5 Å². The van der Waals surface area contributed by atoms with Crippen LogP contribution in [0.4, 0.5) is 11.6 Å². The summed E-state index contributed by atoms with van der Waals surface area (Å²) in [7, 11) is 1.58. The Morgan fingerprint density at radius 2 is 2.43 bits per heavy atom. The second kappa shape index (κ2) is 5.41. The Labute approximate surface area is 82.9 Å². The maximum Gasteiger partial charge on any atom is 0.128 e. The van der Waals surface area contributed by atoms with Gasteiger partial charge < -0.3 is 20.9 Å². The zero-order valence-corrected chi connectivity index (χ0v) is 8.10. The van der Waals surface area contributed by atoms with E-state index in [1.165, 1.54) is 0 Å². The van der Waals surface area contributed by atoms with Crippen molar-refractivity contribution >= 4 is 11.6 Å². The second-order valence-corrected chi connectivity index (χ2v) is 2.93. The normalized spacial score (nSPS) is 12.4. The van der Waals surface area contributed by atoms with E-state index in [1.807, 2.05) is 0 Å². The number of ether oxygens (including phenoxy) is 1. The molecule has 5 heteroatoms. The topological polar surface area (TPSA) is 80.4 Å². The molecule has 0 aromatic carbocycles. The molecule has 0 radical (unpaired) electrons. The number of hydrogen-bond donors (Lipinski definition) is 3. The van der Waals surface area contributed by atoms with Crippen molar-refractivity contribution in [1.82, 2.24) is 4.98 Å². The molecule has 1 heterocycles. The molecule has 5 nitrogen and oxygen atoms in total. The first kappa shape index (κ1) is 10.7. The summed E-state index contributed by atoms with van der Waals surface area (Å²) >= 11 is 0. The predicted octanol–water partition coefficient (Wildman–Crippen LogP) is 0.0830. The summed E-state index contributed by atoms with van der Waals surface area (Å²) in [4.78, 5) is 4.04. The third-order valence-corrected chi connectivity index (χ3v) is 1.71. The molecule has 1 atom stereocenters. The number of rotatable bonds is 5. The molecule has 1 unspecified atom stereocenters. The van der Waals surface area contributed by atoms with Gasteiger partial charge in [-0.1, -0.05) is 6.07 Å². The molecule has 0 aliphatic heterocycles. The van der Waals surface area contributed by atoms with Crippen LogP contribution in [0.5, 0.6) is 0 Å². The van der Waals surface area contributed by atoms with Gasteiger partial charge in [0.25, 0.3) is 0 Å². The van der Waals surface area contributed by atoms with E-state index in [0.29, 0.717) is 18.2 Å². The quantitative estimate of drug-likeness (QED) is 0.623. The summed E-state index contributed by atoms with van der Waals surface area (Å²) in [6, 6.07) is 5.13. The molecule has 78 valence electrons. The average Bonchev–Trinajstić information content (AvgIpc) is 2.17. The van der Waals surface area contributed by atoms with Gasteiger partial charge in [-0.2, -0.15) is 0 Å². The molecule has 0 spiro atoms. The number of nitrogen functional groups attached to an aromatic ring is 1. The van der Waals surface area contributed by atoms with Crippen molar-refractivity contribution in [2.75, 3.05) is 31.4 Å². The number of aromatic nitrogens is 1. The lowest BCUT2D eigenvalue weighted by Gasteiger charge is -2.15. The van der Waals surface area contributed by atoms with E-state index in [2.05, 4.69) is 10.3 Å². The monoisotopic (exact) mass is 197 g/mol. The van der Waals surface area contributed by atoms with Gasteiger partial charge in [0.05, 0.1) is 19.3 Å². The maximum absolute atomic E-state index is 8.99. The second-order valence-electron chi connectivity index (χ2n) is 2.93. The number of nitrogens with zero attached hydrogens (tertiary/aromatic N) is 1. The van der Waals surface area contributed by atoms with Crippen LogP contribution in [0.3, 0.4) is 0 Å². The van der Waals surface area contributed by atoms with Crippen LogP contribution in [0.1, 0.15) is 0 Å². The van der Waals surface area contributed by atoms with Crippen molar-refractivity contribution in [3.8, 4) is 0 Å². The van der Waals surface area contributed by atoms with Crippen molar-refractivity contribution in [3.63, 3.8) is 0 Å². The molecule has 1 aromatic heterocycles. The molecule has 0 amide bonds. The number of aliphatic hydroxyl groups is 1. The summed E-state index contributed by atoms with van der Waals surface area (Å²) in [6.07, 6.45) is 0. The van der Waals surface area contributed by atoms with Crippen molar-refractivity contribution in [2.24, 2.45) is 0 Å². The predicted molar refractivity (Wildman–Crippen MR) is 55.0 cm³/mol. The first-order chi connectivity index (χ1) is 6.76. The molecule has 0 fully saturated rings. The number of nitrogens with one attached hydrogen (secondary N) is 1. The Balaban J connectivity index is 2.57. The fourth-order valence-corrected chi connectivity index (χ4v) is 1.08. The SMILES string of the molecule is COCC(CO)Nc1cccc(N)n1. The van der Waals surface area contributed by atoms with E-state index < -0.39 is 0 Å². The summed E-state index contributed by atoms with van der Waals surface area (Å²) in [5.74, 6) is 1.09. The van der Waals surface area contributed by atoms with Crippen LogP contribution in [0, 0.1) is 0 Å². The van der Waals surface area contributed by atoms with Crippen molar-refractivity contribution < 1.29 is 9.84 Å². The minimum absolute atomic E-state index is 0.00960. The van der Waals surface area contributed by atoms with E-state index >= 15 is 0 Å². The molecule has 0 bridgehead atoms. The number of pyridine rings is 1. The smallest absolute Gasteiger partial charge is 0.128 e. The standard InChI is InChI=1S/C9H15N3O2/c1-14-6-7(5-13)11-9-4-2-3-8(10)12-9/h2-4,7,13H,5-6H2,1H3,(H3,10,11,12). The zero-order valence-electron chi connectivity index (χ0n) is 8.10. The Morgan fingerprint density at radius 3 is 3.00 bits per heavy atom. The van der Waals surface area contributed by atoms with Crippen LogP contribution < -0.4 is 11.1 Å². The molecule has 14 heavy (non-hydrogen) atoms. The molecule has 1 aromatic rings. The minimum Gasteiger partial charge on any atom is -0.394 e. The van der Waals surface area contributed by atoms with Crippen molar-refractivity contribution in [2.45, 2.75) is 6.04 Å². The largest absolute Gasteiger partial charge is 0.394 e. The fourth-order valence-electron chi connectivity index (χ4n) is 1.08. The number of methoxy groups -OCH3 is 1. The number of hydrogen-bond acceptors (Lipinski definition) is 5. The van der Waals surface area contributed by atoms with Gasteiger partial charge in [0.1, 0.15) is 11.6 Å². The van der Waals surface area contributed by atoms with Crippen molar-refractivity contribution in [1.29, 1.82) is 0 Å².